The highest BCUT2D eigenvalue weighted by Crippen LogP contribution is 2.29. The van der Waals surface area contributed by atoms with Crippen molar-refractivity contribution in [2.75, 3.05) is 20.2 Å². The third-order valence-electron chi connectivity index (χ3n) is 3.38. The highest BCUT2D eigenvalue weighted by molar-refractivity contribution is 14.0. The monoisotopic (exact) mass is 476 g/mol. The minimum absolute atomic E-state index is 0. The molecule has 0 aliphatic carbocycles. The number of para-hydroxylation sites is 1. The van der Waals surface area contributed by atoms with Crippen molar-refractivity contribution in [3.05, 3.63) is 39.8 Å². The summed E-state index contributed by atoms with van der Waals surface area (Å²) in [6.45, 7) is 6.06. The van der Waals surface area contributed by atoms with Crippen LogP contribution in [0.25, 0.3) is 0 Å². The molecule has 0 saturated heterocycles. The van der Waals surface area contributed by atoms with Crippen molar-refractivity contribution in [2.24, 2.45) is 4.99 Å². The molecule has 0 aliphatic rings. The molecular weight excluding hydrogens is 451 g/mol. The number of methoxy groups -OCH3 is 1. The lowest BCUT2D eigenvalue weighted by molar-refractivity contribution is 0.370. The summed E-state index contributed by atoms with van der Waals surface area (Å²) in [7, 11) is 1.55. The first kappa shape index (κ1) is 21.5. The molecule has 0 spiro atoms. The standard InChI is InChI=1S/C17H24N4O2S.HI/c1-4-18-17(21-11-15-20-10-12(2)24-15)19-9-8-13-6-5-7-14(23-3)16(13)22;/h5-7,10,22H,4,8-9,11H2,1-3H3,(H2,18,19,21);1H. The zero-order chi connectivity index (χ0) is 17.4. The van der Waals surface area contributed by atoms with Crippen LogP contribution in [-0.2, 0) is 13.0 Å². The Morgan fingerprint density at radius 2 is 2.16 bits per heavy atom. The number of guanidine groups is 1. The molecule has 0 radical (unpaired) electrons. The summed E-state index contributed by atoms with van der Waals surface area (Å²) in [5.41, 5.74) is 0.841. The average molecular weight is 476 g/mol. The van der Waals surface area contributed by atoms with Gasteiger partial charge in [0.05, 0.1) is 13.7 Å². The number of nitrogens with one attached hydrogen (secondary N) is 2. The van der Waals surface area contributed by atoms with Gasteiger partial charge in [0, 0.05) is 24.2 Å². The van der Waals surface area contributed by atoms with Crippen LogP contribution in [0.4, 0.5) is 0 Å². The van der Waals surface area contributed by atoms with E-state index in [0.717, 1.165) is 23.1 Å². The number of ether oxygens (including phenoxy) is 1. The highest BCUT2D eigenvalue weighted by atomic mass is 127. The van der Waals surface area contributed by atoms with Crippen molar-refractivity contribution in [3.63, 3.8) is 0 Å². The zero-order valence-corrected chi connectivity index (χ0v) is 17.9. The minimum atomic E-state index is 0. The third-order valence-corrected chi connectivity index (χ3v) is 4.27. The molecular formula is C17H25IN4O2S. The molecule has 6 nitrogen and oxygen atoms in total. The zero-order valence-electron chi connectivity index (χ0n) is 14.7. The van der Waals surface area contributed by atoms with Gasteiger partial charge in [-0.05, 0) is 31.9 Å². The first-order valence-electron chi connectivity index (χ1n) is 7.92. The molecule has 0 aliphatic heterocycles. The van der Waals surface area contributed by atoms with E-state index in [0.29, 0.717) is 25.3 Å². The number of phenolic OH excluding ortho intramolecular Hbond substituents is 1. The molecule has 0 bridgehead atoms. The van der Waals surface area contributed by atoms with E-state index in [1.807, 2.05) is 32.2 Å². The van der Waals surface area contributed by atoms with Crippen LogP contribution in [0.15, 0.2) is 29.4 Å². The van der Waals surface area contributed by atoms with Gasteiger partial charge in [-0.3, -0.25) is 0 Å². The van der Waals surface area contributed by atoms with E-state index in [1.54, 1.807) is 24.5 Å². The summed E-state index contributed by atoms with van der Waals surface area (Å²) in [6, 6.07) is 5.51. The number of aromatic hydroxyl groups is 1. The number of rotatable bonds is 7. The van der Waals surface area contributed by atoms with Crippen LogP contribution in [0.1, 0.15) is 22.4 Å². The number of thiazole rings is 1. The van der Waals surface area contributed by atoms with Gasteiger partial charge in [0.2, 0.25) is 0 Å². The van der Waals surface area contributed by atoms with E-state index in [2.05, 4.69) is 20.6 Å². The maximum Gasteiger partial charge on any atom is 0.191 e. The molecule has 3 N–H and O–H groups in total. The van der Waals surface area contributed by atoms with Crippen LogP contribution in [0, 0.1) is 6.92 Å². The Morgan fingerprint density at radius 3 is 2.80 bits per heavy atom. The molecule has 0 amide bonds. The number of benzene rings is 1. The van der Waals surface area contributed by atoms with Crippen molar-refractivity contribution in [1.29, 1.82) is 0 Å². The van der Waals surface area contributed by atoms with Gasteiger partial charge < -0.3 is 20.5 Å². The average Bonchev–Trinajstić information content (AvgIpc) is 2.99. The Kier molecular flexibility index (Phi) is 9.58. The summed E-state index contributed by atoms with van der Waals surface area (Å²) in [6.07, 6.45) is 2.53. The van der Waals surface area contributed by atoms with Crippen molar-refractivity contribution in [3.8, 4) is 11.5 Å². The summed E-state index contributed by atoms with van der Waals surface area (Å²) >= 11 is 1.65. The molecule has 0 unspecified atom stereocenters. The van der Waals surface area contributed by atoms with Crippen molar-refractivity contribution < 1.29 is 9.84 Å². The Morgan fingerprint density at radius 1 is 1.36 bits per heavy atom. The Hall–Kier alpha value is -1.55. The van der Waals surface area contributed by atoms with E-state index in [-0.39, 0.29) is 29.7 Å². The SMILES string of the molecule is CCNC(=NCc1ncc(C)s1)NCCc1cccc(OC)c1O.I. The van der Waals surface area contributed by atoms with Gasteiger partial charge in [0.1, 0.15) is 5.01 Å². The van der Waals surface area contributed by atoms with E-state index in [9.17, 15) is 5.11 Å². The van der Waals surface area contributed by atoms with Gasteiger partial charge in [-0.25, -0.2) is 9.98 Å². The first-order valence-corrected chi connectivity index (χ1v) is 8.74. The quantitative estimate of drug-likeness (QED) is 0.325. The van der Waals surface area contributed by atoms with Crippen LogP contribution < -0.4 is 15.4 Å². The second-order valence-electron chi connectivity index (χ2n) is 5.20. The van der Waals surface area contributed by atoms with E-state index in [1.165, 1.54) is 4.88 Å². The van der Waals surface area contributed by atoms with Gasteiger partial charge in [0.15, 0.2) is 17.5 Å². The molecule has 1 heterocycles. The molecule has 8 heteroatoms. The predicted molar refractivity (Wildman–Crippen MR) is 113 cm³/mol. The second-order valence-corrected chi connectivity index (χ2v) is 6.52. The van der Waals surface area contributed by atoms with E-state index in [4.69, 9.17) is 4.74 Å². The lowest BCUT2D eigenvalue weighted by atomic mass is 10.1. The van der Waals surface area contributed by atoms with Gasteiger partial charge in [-0.2, -0.15) is 0 Å². The molecule has 0 saturated carbocycles. The smallest absolute Gasteiger partial charge is 0.191 e. The fourth-order valence-corrected chi connectivity index (χ4v) is 2.92. The van der Waals surface area contributed by atoms with Crippen molar-refractivity contribution >= 4 is 41.3 Å². The van der Waals surface area contributed by atoms with Crippen molar-refractivity contribution in [2.45, 2.75) is 26.8 Å². The lowest BCUT2D eigenvalue weighted by Gasteiger charge is -2.12. The van der Waals surface area contributed by atoms with Crippen LogP contribution >= 0.6 is 35.3 Å². The number of hydrogen-bond acceptors (Lipinski definition) is 5. The molecule has 2 aromatic rings. The molecule has 0 fully saturated rings. The normalized spacial score (nSPS) is 10.9. The number of nitrogens with zero attached hydrogens (tertiary/aromatic N) is 2. The highest BCUT2D eigenvalue weighted by Gasteiger charge is 2.07. The number of phenols is 1. The number of aryl methyl sites for hydroxylation is 1. The largest absolute Gasteiger partial charge is 0.504 e. The van der Waals surface area contributed by atoms with Crippen LogP contribution in [0.3, 0.4) is 0 Å². The number of aromatic nitrogens is 1. The number of halogens is 1. The molecule has 25 heavy (non-hydrogen) atoms. The van der Waals surface area contributed by atoms with Crippen LogP contribution in [0.2, 0.25) is 0 Å². The predicted octanol–water partition coefficient (Wildman–Crippen LogP) is 3.08. The van der Waals surface area contributed by atoms with Crippen LogP contribution in [0.5, 0.6) is 11.5 Å². The fraction of sp³-hybridized carbons (Fsp3) is 0.412. The minimum Gasteiger partial charge on any atom is -0.504 e. The molecule has 0 atom stereocenters. The third kappa shape index (κ3) is 6.69. The van der Waals surface area contributed by atoms with Gasteiger partial charge >= 0.3 is 0 Å². The van der Waals surface area contributed by atoms with Gasteiger partial charge in [0.25, 0.3) is 0 Å². The van der Waals surface area contributed by atoms with E-state index >= 15 is 0 Å². The second kappa shape index (κ2) is 11.1. The summed E-state index contributed by atoms with van der Waals surface area (Å²) < 4.78 is 5.13. The Bertz CT molecular complexity index is 691. The lowest BCUT2D eigenvalue weighted by Crippen LogP contribution is -2.38. The molecule has 138 valence electrons. The summed E-state index contributed by atoms with van der Waals surface area (Å²) in [4.78, 5) is 10.0. The topological polar surface area (TPSA) is 78.8 Å². The molecule has 1 aromatic heterocycles. The van der Waals surface area contributed by atoms with E-state index < -0.39 is 0 Å². The summed E-state index contributed by atoms with van der Waals surface area (Å²) in [5.74, 6) is 1.43. The van der Waals surface area contributed by atoms with Crippen LogP contribution in [-0.4, -0.2) is 36.2 Å². The summed E-state index contributed by atoms with van der Waals surface area (Å²) in [5, 5.41) is 17.6. The Balaban J connectivity index is 0.00000312. The van der Waals surface area contributed by atoms with Crippen molar-refractivity contribution in [1.82, 2.24) is 15.6 Å². The van der Waals surface area contributed by atoms with Gasteiger partial charge in [-0.1, -0.05) is 12.1 Å². The van der Waals surface area contributed by atoms with Gasteiger partial charge in [-0.15, -0.1) is 35.3 Å². The Labute approximate surface area is 169 Å². The first-order chi connectivity index (χ1) is 11.6. The fourth-order valence-electron chi connectivity index (χ4n) is 2.21. The molecule has 1 aromatic carbocycles. The number of hydrogen-bond donors (Lipinski definition) is 3. The maximum atomic E-state index is 10.1. The number of aliphatic imine (C=N–C) groups is 1. The maximum absolute atomic E-state index is 10.1. The molecule has 2 rings (SSSR count).